The van der Waals surface area contributed by atoms with E-state index in [4.69, 9.17) is 9.47 Å². The van der Waals surface area contributed by atoms with Crippen molar-refractivity contribution >= 4 is 12.4 Å². The number of ether oxygens (including phenoxy) is 2. The standard InChI is InChI=1S/C15H24N2O2.ClH/c1-11-7-14(18-3)15(19-4)8-13(11)10-17-6-5-16-9-12(17)2;/h7-8,12,16H,5-6,9-10H2,1-4H3;1H. The first-order chi connectivity index (χ1) is 9.15. The van der Waals surface area contributed by atoms with E-state index in [1.807, 2.05) is 0 Å². The van der Waals surface area contributed by atoms with Crippen LogP contribution in [0.3, 0.4) is 0 Å². The molecule has 0 spiro atoms. The molecule has 0 bridgehead atoms. The van der Waals surface area contributed by atoms with Gasteiger partial charge in [-0.05, 0) is 37.1 Å². The minimum absolute atomic E-state index is 0. The second-order valence-corrected chi connectivity index (χ2v) is 5.16. The van der Waals surface area contributed by atoms with Gasteiger partial charge >= 0.3 is 0 Å². The first-order valence-electron chi connectivity index (χ1n) is 6.82. The lowest BCUT2D eigenvalue weighted by Gasteiger charge is -2.34. The number of aryl methyl sites for hydroxylation is 1. The Kier molecular flexibility index (Phi) is 6.59. The summed E-state index contributed by atoms with van der Waals surface area (Å²) < 4.78 is 10.7. The van der Waals surface area contributed by atoms with Gasteiger partial charge in [0.15, 0.2) is 11.5 Å². The molecule has 0 radical (unpaired) electrons. The molecule has 2 rings (SSSR count). The summed E-state index contributed by atoms with van der Waals surface area (Å²) in [5.41, 5.74) is 2.56. The molecule has 1 aromatic rings. The van der Waals surface area contributed by atoms with Crippen LogP contribution in [0.4, 0.5) is 0 Å². The van der Waals surface area contributed by atoms with Crippen LogP contribution in [0.15, 0.2) is 12.1 Å². The second kappa shape index (κ2) is 7.72. The Morgan fingerprint density at radius 3 is 2.50 bits per heavy atom. The van der Waals surface area contributed by atoms with Crippen molar-refractivity contribution in [2.45, 2.75) is 26.4 Å². The Balaban J connectivity index is 0.00000200. The third-order valence-electron chi connectivity index (χ3n) is 3.85. The lowest BCUT2D eigenvalue weighted by atomic mass is 10.1. The van der Waals surface area contributed by atoms with Crippen molar-refractivity contribution in [1.29, 1.82) is 0 Å². The first kappa shape index (κ1) is 17.1. The van der Waals surface area contributed by atoms with Gasteiger partial charge in [0, 0.05) is 32.2 Å². The van der Waals surface area contributed by atoms with Crippen LogP contribution in [0.25, 0.3) is 0 Å². The van der Waals surface area contributed by atoms with Gasteiger partial charge in [-0.15, -0.1) is 12.4 Å². The molecule has 114 valence electrons. The van der Waals surface area contributed by atoms with Crippen LogP contribution < -0.4 is 14.8 Å². The zero-order chi connectivity index (χ0) is 13.8. The number of halogens is 1. The highest BCUT2D eigenvalue weighted by atomic mass is 35.5. The van der Waals surface area contributed by atoms with E-state index in [2.05, 4.69) is 36.2 Å². The summed E-state index contributed by atoms with van der Waals surface area (Å²) in [7, 11) is 3.36. The van der Waals surface area contributed by atoms with Crippen molar-refractivity contribution < 1.29 is 9.47 Å². The molecule has 1 atom stereocenters. The zero-order valence-electron chi connectivity index (χ0n) is 12.7. The Labute approximate surface area is 127 Å². The predicted molar refractivity (Wildman–Crippen MR) is 84.3 cm³/mol. The van der Waals surface area contributed by atoms with E-state index in [1.54, 1.807) is 14.2 Å². The van der Waals surface area contributed by atoms with Gasteiger partial charge in [-0.2, -0.15) is 0 Å². The molecule has 1 unspecified atom stereocenters. The Hall–Kier alpha value is -0.970. The van der Waals surface area contributed by atoms with E-state index in [0.717, 1.165) is 37.7 Å². The molecule has 1 heterocycles. The summed E-state index contributed by atoms with van der Waals surface area (Å²) in [6.45, 7) is 8.58. The molecule has 0 saturated carbocycles. The molecule has 0 amide bonds. The van der Waals surface area contributed by atoms with Gasteiger partial charge in [-0.3, -0.25) is 4.90 Å². The molecule has 20 heavy (non-hydrogen) atoms. The van der Waals surface area contributed by atoms with Crippen molar-refractivity contribution in [2.75, 3.05) is 33.9 Å². The van der Waals surface area contributed by atoms with Crippen LogP contribution in [0.1, 0.15) is 18.1 Å². The summed E-state index contributed by atoms with van der Waals surface area (Å²) >= 11 is 0. The molecule has 1 N–H and O–H groups in total. The average molecular weight is 301 g/mol. The Morgan fingerprint density at radius 1 is 1.25 bits per heavy atom. The average Bonchev–Trinajstić information content (AvgIpc) is 2.42. The summed E-state index contributed by atoms with van der Waals surface area (Å²) in [4.78, 5) is 2.50. The lowest BCUT2D eigenvalue weighted by molar-refractivity contribution is 0.165. The first-order valence-corrected chi connectivity index (χ1v) is 6.82. The molecule has 1 fully saturated rings. The fourth-order valence-corrected chi connectivity index (χ4v) is 2.53. The van der Waals surface area contributed by atoms with E-state index < -0.39 is 0 Å². The fourth-order valence-electron chi connectivity index (χ4n) is 2.53. The maximum Gasteiger partial charge on any atom is 0.161 e. The van der Waals surface area contributed by atoms with Crippen molar-refractivity contribution in [3.63, 3.8) is 0 Å². The monoisotopic (exact) mass is 300 g/mol. The number of hydrogen-bond donors (Lipinski definition) is 1. The van der Waals surface area contributed by atoms with Crippen molar-refractivity contribution in [3.05, 3.63) is 23.3 Å². The van der Waals surface area contributed by atoms with Gasteiger partial charge in [0.2, 0.25) is 0 Å². The summed E-state index contributed by atoms with van der Waals surface area (Å²) in [6, 6.07) is 4.73. The van der Waals surface area contributed by atoms with Gasteiger partial charge in [0.25, 0.3) is 0 Å². The molecular formula is C15H25ClN2O2. The Morgan fingerprint density at radius 2 is 1.90 bits per heavy atom. The number of nitrogens with zero attached hydrogens (tertiary/aromatic N) is 1. The van der Waals surface area contributed by atoms with E-state index in [-0.39, 0.29) is 12.4 Å². The maximum atomic E-state index is 5.39. The van der Waals surface area contributed by atoms with Gasteiger partial charge in [0.05, 0.1) is 14.2 Å². The van der Waals surface area contributed by atoms with Gasteiger partial charge in [-0.1, -0.05) is 0 Å². The van der Waals surface area contributed by atoms with Crippen LogP contribution in [0.5, 0.6) is 11.5 Å². The minimum Gasteiger partial charge on any atom is -0.493 e. The smallest absolute Gasteiger partial charge is 0.161 e. The highest BCUT2D eigenvalue weighted by molar-refractivity contribution is 5.85. The van der Waals surface area contributed by atoms with E-state index in [1.165, 1.54) is 11.1 Å². The Bertz CT molecular complexity index is 440. The molecule has 0 aromatic heterocycles. The number of nitrogens with one attached hydrogen (secondary N) is 1. The quantitative estimate of drug-likeness (QED) is 0.924. The molecule has 1 aliphatic heterocycles. The van der Waals surface area contributed by atoms with Crippen molar-refractivity contribution in [2.24, 2.45) is 0 Å². The topological polar surface area (TPSA) is 33.7 Å². The van der Waals surface area contributed by atoms with Crippen LogP contribution >= 0.6 is 12.4 Å². The van der Waals surface area contributed by atoms with Crippen LogP contribution in [0, 0.1) is 6.92 Å². The number of benzene rings is 1. The van der Waals surface area contributed by atoms with Gasteiger partial charge < -0.3 is 14.8 Å². The third-order valence-corrected chi connectivity index (χ3v) is 3.85. The molecule has 5 heteroatoms. The molecule has 1 aromatic carbocycles. The third kappa shape index (κ3) is 3.78. The van der Waals surface area contributed by atoms with Gasteiger partial charge in [-0.25, -0.2) is 0 Å². The fraction of sp³-hybridized carbons (Fsp3) is 0.600. The molecule has 4 nitrogen and oxygen atoms in total. The largest absolute Gasteiger partial charge is 0.493 e. The van der Waals surface area contributed by atoms with Gasteiger partial charge in [0.1, 0.15) is 0 Å². The van der Waals surface area contributed by atoms with E-state index in [9.17, 15) is 0 Å². The van der Waals surface area contributed by atoms with Crippen LogP contribution in [-0.2, 0) is 6.54 Å². The van der Waals surface area contributed by atoms with Crippen LogP contribution in [-0.4, -0.2) is 44.8 Å². The lowest BCUT2D eigenvalue weighted by Crippen LogP contribution is -2.49. The summed E-state index contributed by atoms with van der Waals surface area (Å²) in [6.07, 6.45) is 0. The minimum atomic E-state index is 0. The van der Waals surface area contributed by atoms with Crippen LogP contribution in [0.2, 0.25) is 0 Å². The SMILES string of the molecule is COc1cc(C)c(CN2CCNCC2C)cc1OC.Cl. The molecule has 1 saturated heterocycles. The summed E-state index contributed by atoms with van der Waals surface area (Å²) in [5.74, 6) is 1.61. The molecule has 0 aliphatic carbocycles. The zero-order valence-corrected chi connectivity index (χ0v) is 13.5. The predicted octanol–water partition coefficient (Wildman–Crippen LogP) is 2.23. The normalized spacial score (nSPS) is 19.3. The van der Waals surface area contributed by atoms with E-state index >= 15 is 0 Å². The number of rotatable bonds is 4. The second-order valence-electron chi connectivity index (χ2n) is 5.16. The number of hydrogen-bond acceptors (Lipinski definition) is 4. The molecular weight excluding hydrogens is 276 g/mol. The van der Waals surface area contributed by atoms with Crippen molar-refractivity contribution in [1.82, 2.24) is 10.2 Å². The number of piperazine rings is 1. The highest BCUT2D eigenvalue weighted by Gasteiger charge is 2.19. The summed E-state index contributed by atoms with van der Waals surface area (Å²) in [5, 5.41) is 3.42. The maximum absolute atomic E-state index is 5.39. The van der Waals surface area contributed by atoms with Crippen molar-refractivity contribution in [3.8, 4) is 11.5 Å². The highest BCUT2D eigenvalue weighted by Crippen LogP contribution is 2.31. The molecule has 1 aliphatic rings. The van der Waals surface area contributed by atoms with E-state index in [0.29, 0.717) is 6.04 Å². The number of methoxy groups -OCH3 is 2.